The van der Waals surface area contributed by atoms with Gasteiger partial charge in [0, 0.05) is 17.4 Å². The first-order valence-corrected chi connectivity index (χ1v) is 6.91. The Morgan fingerprint density at radius 2 is 1.91 bits per heavy atom. The molecule has 5 nitrogen and oxygen atoms in total. The van der Waals surface area contributed by atoms with Crippen LogP contribution in [0.3, 0.4) is 0 Å². The Morgan fingerprint density at radius 1 is 1.18 bits per heavy atom. The Kier molecular flexibility index (Phi) is 4.99. The zero-order valence-corrected chi connectivity index (χ0v) is 12.5. The Morgan fingerprint density at radius 3 is 2.55 bits per heavy atom. The molecule has 0 unspecified atom stereocenters. The van der Waals surface area contributed by atoms with Crippen LogP contribution in [0.4, 0.5) is 16.2 Å². The van der Waals surface area contributed by atoms with Crippen LogP contribution in [-0.4, -0.2) is 13.1 Å². The van der Waals surface area contributed by atoms with Crippen LogP contribution in [0.25, 0.3) is 0 Å². The average molecular weight is 295 g/mol. The summed E-state index contributed by atoms with van der Waals surface area (Å²) < 4.78 is 5.11. The molecule has 0 fully saturated rings. The molecule has 22 heavy (non-hydrogen) atoms. The highest BCUT2D eigenvalue weighted by Gasteiger charge is 2.07. The van der Waals surface area contributed by atoms with Gasteiger partial charge >= 0.3 is 6.03 Å². The summed E-state index contributed by atoms with van der Waals surface area (Å²) in [6.45, 7) is 2.06. The Labute approximate surface area is 129 Å². The van der Waals surface area contributed by atoms with Crippen LogP contribution in [0, 0.1) is 11.3 Å². The van der Waals surface area contributed by atoms with Gasteiger partial charge in [-0.15, -0.1) is 0 Å². The van der Waals surface area contributed by atoms with E-state index in [4.69, 9.17) is 10.00 Å². The first-order chi connectivity index (χ1) is 10.7. The second kappa shape index (κ2) is 7.14. The van der Waals surface area contributed by atoms with E-state index in [1.165, 1.54) is 7.11 Å². The fourth-order valence-electron chi connectivity index (χ4n) is 2.02. The van der Waals surface area contributed by atoms with Crippen LogP contribution in [0.1, 0.15) is 18.1 Å². The number of nitrogens with one attached hydrogen (secondary N) is 2. The van der Waals surface area contributed by atoms with Crippen molar-refractivity contribution in [3.05, 3.63) is 53.6 Å². The molecule has 2 N–H and O–H groups in total. The third-order valence-electron chi connectivity index (χ3n) is 3.17. The van der Waals surface area contributed by atoms with Crippen molar-refractivity contribution in [2.24, 2.45) is 0 Å². The molecule has 0 saturated heterocycles. The summed E-state index contributed by atoms with van der Waals surface area (Å²) in [6, 6.07) is 14.2. The van der Waals surface area contributed by atoms with Crippen molar-refractivity contribution in [3.8, 4) is 11.8 Å². The number of methoxy groups -OCH3 is 1. The van der Waals surface area contributed by atoms with Crippen molar-refractivity contribution in [1.82, 2.24) is 0 Å². The quantitative estimate of drug-likeness (QED) is 0.901. The van der Waals surface area contributed by atoms with Gasteiger partial charge in [-0.05, 0) is 36.2 Å². The van der Waals surface area contributed by atoms with E-state index < -0.39 is 0 Å². The minimum absolute atomic E-state index is 0.347. The number of hydrogen-bond donors (Lipinski definition) is 2. The van der Waals surface area contributed by atoms with Gasteiger partial charge < -0.3 is 15.4 Å². The molecule has 2 aromatic carbocycles. The molecular weight excluding hydrogens is 278 g/mol. The Bertz CT molecular complexity index is 720. The van der Waals surface area contributed by atoms with Gasteiger partial charge in [0.1, 0.15) is 11.8 Å². The maximum atomic E-state index is 12.0. The lowest BCUT2D eigenvalue weighted by Gasteiger charge is -2.10. The number of hydrogen-bond acceptors (Lipinski definition) is 3. The van der Waals surface area contributed by atoms with Gasteiger partial charge in [0.15, 0.2) is 0 Å². The monoisotopic (exact) mass is 295 g/mol. The summed E-state index contributed by atoms with van der Waals surface area (Å²) in [5, 5.41) is 14.4. The van der Waals surface area contributed by atoms with Crippen LogP contribution in [0.15, 0.2) is 42.5 Å². The summed E-state index contributed by atoms with van der Waals surface area (Å²) in [7, 11) is 1.48. The number of urea groups is 1. The van der Waals surface area contributed by atoms with Crippen molar-refractivity contribution in [2.75, 3.05) is 17.7 Å². The van der Waals surface area contributed by atoms with Crippen molar-refractivity contribution >= 4 is 17.4 Å². The number of amides is 2. The number of carbonyl (C=O) groups is 1. The number of ether oxygens (including phenoxy) is 1. The molecule has 0 aliphatic heterocycles. The SMILES string of the molecule is CCc1cccc(NC(=O)Nc2ccc(C#N)c(OC)c2)c1. The summed E-state index contributed by atoms with van der Waals surface area (Å²) in [5.41, 5.74) is 2.86. The van der Waals surface area contributed by atoms with Gasteiger partial charge in [0.2, 0.25) is 0 Å². The maximum Gasteiger partial charge on any atom is 0.323 e. The van der Waals surface area contributed by atoms with Gasteiger partial charge in [0.05, 0.1) is 12.7 Å². The smallest absolute Gasteiger partial charge is 0.323 e. The molecule has 0 aromatic heterocycles. The van der Waals surface area contributed by atoms with Gasteiger partial charge in [0.25, 0.3) is 0 Å². The van der Waals surface area contributed by atoms with Gasteiger partial charge in [-0.25, -0.2) is 4.79 Å². The van der Waals surface area contributed by atoms with Crippen molar-refractivity contribution in [3.63, 3.8) is 0 Å². The number of aryl methyl sites for hydroxylation is 1. The van der Waals surface area contributed by atoms with E-state index in [9.17, 15) is 4.79 Å². The molecule has 5 heteroatoms. The molecule has 0 heterocycles. The first kappa shape index (κ1) is 15.4. The van der Waals surface area contributed by atoms with Crippen molar-refractivity contribution in [2.45, 2.75) is 13.3 Å². The predicted molar refractivity (Wildman–Crippen MR) is 86.2 cm³/mol. The van der Waals surface area contributed by atoms with E-state index in [2.05, 4.69) is 17.6 Å². The molecule has 0 aliphatic carbocycles. The minimum atomic E-state index is -0.347. The summed E-state index contributed by atoms with van der Waals surface area (Å²) in [6.07, 6.45) is 0.907. The average Bonchev–Trinajstić information content (AvgIpc) is 2.54. The topological polar surface area (TPSA) is 74.2 Å². The highest BCUT2D eigenvalue weighted by atomic mass is 16.5. The zero-order valence-electron chi connectivity index (χ0n) is 12.5. The number of benzene rings is 2. The van der Waals surface area contributed by atoms with Crippen LogP contribution >= 0.6 is 0 Å². The number of carbonyl (C=O) groups excluding carboxylic acids is 1. The third kappa shape index (κ3) is 3.76. The lowest BCUT2D eigenvalue weighted by Crippen LogP contribution is -2.19. The van der Waals surface area contributed by atoms with Gasteiger partial charge in [-0.3, -0.25) is 0 Å². The van der Waals surface area contributed by atoms with Crippen LogP contribution in [0.5, 0.6) is 5.75 Å². The van der Waals surface area contributed by atoms with Crippen LogP contribution < -0.4 is 15.4 Å². The number of nitrogens with zero attached hydrogens (tertiary/aromatic N) is 1. The molecule has 0 atom stereocenters. The maximum absolute atomic E-state index is 12.0. The highest BCUT2D eigenvalue weighted by Crippen LogP contribution is 2.22. The lowest BCUT2D eigenvalue weighted by atomic mass is 10.1. The van der Waals surface area contributed by atoms with E-state index in [1.807, 2.05) is 30.3 Å². The van der Waals surface area contributed by atoms with E-state index in [0.717, 1.165) is 17.7 Å². The Hall–Kier alpha value is -3.00. The lowest BCUT2D eigenvalue weighted by molar-refractivity contribution is 0.262. The van der Waals surface area contributed by atoms with Crippen LogP contribution in [-0.2, 0) is 6.42 Å². The van der Waals surface area contributed by atoms with Crippen molar-refractivity contribution in [1.29, 1.82) is 5.26 Å². The molecular formula is C17H17N3O2. The fourth-order valence-corrected chi connectivity index (χ4v) is 2.02. The minimum Gasteiger partial charge on any atom is -0.495 e. The largest absolute Gasteiger partial charge is 0.495 e. The molecule has 2 amide bonds. The second-order valence-corrected chi connectivity index (χ2v) is 4.66. The standard InChI is InChI=1S/C17H17N3O2/c1-3-12-5-4-6-14(9-12)19-17(21)20-15-8-7-13(11-18)16(10-15)22-2/h4-10H,3H2,1-2H3,(H2,19,20,21). The third-order valence-corrected chi connectivity index (χ3v) is 3.17. The van der Waals surface area contributed by atoms with Gasteiger partial charge in [-0.1, -0.05) is 19.1 Å². The second-order valence-electron chi connectivity index (χ2n) is 4.66. The summed E-state index contributed by atoms with van der Waals surface area (Å²) in [4.78, 5) is 12.0. The van der Waals surface area contributed by atoms with Gasteiger partial charge in [-0.2, -0.15) is 5.26 Å². The fraction of sp³-hybridized carbons (Fsp3) is 0.176. The van der Waals surface area contributed by atoms with E-state index >= 15 is 0 Å². The molecule has 0 aliphatic rings. The van der Waals surface area contributed by atoms with E-state index in [-0.39, 0.29) is 6.03 Å². The number of anilines is 2. The normalized spacial score (nSPS) is 9.68. The summed E-state index contributed by atoms with van der Waals surface area (Å²) >= 11 is 0. The first-order valence-electron chi connectivity index (χ1n) is 6.91. The van der Waals surface area contributed by atoms with E-state index in [1.54, 1.807) is 18.2 Å². The number of nitriles is 1. The molecule has 2 rings (SSSR count). The molecule has 0 saturated carbocycles. The summed E-state index contributed by atoms with van der Waals surface area (Å²) in [5.74, 6) is 0.424. The Balaban J connectivity index is 2.07. The molecule has 0 radical (unpaired) electrons. The molecule has 112 valence electrons. The van der Waals surface area contributed by atoms with E-state index in [0.29, 0.717) is 17.0 Å². The highest BCUT2D eigenvalue weighted by molar-refractivity contribution is 5.99. The molecule has 2 aromatic rings. The zero-order chi connectivity index (χ0) is 15.9. The van der Waals surface area contributed by atoms with Crippen molar-refractivity contribution < 1.29 is 9.53 Å². The van der Waals surface area contributed by atoms with Crippen LogP contribution in [0.2, 0.25) is 0 Å². The molecule has 0 bridgehead atoms. The molecule has 0 spiro atoms. The number of rotatable bonds is 4. The predicted octanol–water partition coefficient (Wildman–Crippen LogP) is 3.77.